The molecule has 1 aromatic heterocycles. The Hall–Kier alpha value is -0.910. The summed E-state index contributed by atoms with van der Waals surface area (Å²) in [4.78, 5) is 14.7. The van der Waals surface area contributed by atoms with Gasteiger partial charge >= 0.3 is 5.97 Å². The molecule has 1 N–H and O–H groups in total. The van der Waals surface area contributed by atoms with Crippen LogP contribution < -0.4 is 0 Å². The quantitative estimate of drug-likeness (QED) is 0.805. The number of hydrogen-bond donors (Lipinski definition) is 1. The van der Waals surface area contributed by atoms with Crippen molar-refractivity contribution in [2.24, 2.45) is 0 Å². The van der Waals surface area contributed by atoms with Gasteiger partial charge in [0.05, 0.1) is 5.69 Å². The predicted octanol–water partition coefficient (Wildman–Crippen LogP) is 2.11. The summed E-state index contributed by atoms with van der Waals surface area (Å²) in [6.45, 7) is 0. The van der Waals surface area contributed by atoms with E-state index < -0.39 is 5.97 Å². The first-order valence-electron chi connectivity index (χ1n) is 3.78. The maximum atomic E-state index is 10.6. The number of rotatable bonds is 1. The number of pyridine rings is 1. The second-order valence-corrected chi connectivity index (χ2v) is 3.93. The monoisotopic (exact) mass is 287 g/mol. The van der Waals surface area contributed by atoms with E-state index in [1.807, 2.05) is 12.1 Å². The zero-order valence-corrected chi connectivity index (χ0v) is 8.78. The standard InChI is InChI=1S/C9H6INO2/c10-6-3-1-5-2-4-7(9(12)13)11-8(5)6/h2-4H,1H2,(H,12,13). The Balaban J connectivity index is 2.53. The van der Waals surface area contributed by atoms with Gasteiger partial charge in [-0.05, 0) is 40.6 Å². The van der Waals surface area contributed by atoms with Gasteiger partial charge in [0.15, 0.2) is 0 Å². The molecule has 0 amide bonds. The molecule has 0 aromatic carbocycles. The summed E-state index contributed by atoms with van der Waals surface area (Å²) in [6.07, 6.45) is 2.91. The molecule has 3 nitrogen and oxygen atoms in total. The highest BCUT2D eigenvalue weighted by molar-refractivity contribution is 14.1. The molecule has 13 heavy (non-hydrogen) atoms. The first kappa shape index (κ1) is 8.68. The molecule has 2 rings (SSSR count). The predicted molar refractivity (Wildman–Crippen MR) is 56.9 cm³/mol. The molecule has 0 fully saturated rings. The zero-order chi connectivity index (χ0) is 9.42. The Morgan fingerprint density at radius 2 is 2.31 bits per heavy atom. The van der Waals surface area contributed by atoms with E-state index in [0.29, 0.717) is 0 Å². The Morgan fingerprint density at radius 3 is 3.00 bits per heavy atom. The van der Waals surface area contributed by atoms with Crippen LogP contribution in [0.5, 0.6) is 0 Å². The summed E-state index contributed by atoms with van der Waals surface area (Å²) in [5, 5.41) is 8.72. The van der Waals surface area contributed by atoms with E-state index in [4.69, 9.17) is 5.11 Å². The second kappa shape index (κ2) is 3.10. The van der Waals surface area contributed by atoms with E-state index in [2.05, 4.69) is 27.6 Å². The van der Waals surface area contributed by atoms with Crippen molar-refractivity contribution in [1.29, 1.82) is 0 Å². The van der Waals surface area contributed by atoms with Crippen LogP contribution in [0.15, 0.2) is 18.2 Å². The van der Waals surface area contributed by atoms with E-state index in [1.165, 1.54) is 0 Å². The van der Waals surface area contributed by atoms with Crippen molar-refractivity contribution in [3.8, 4) is 0 Å². The average Bonchev–Trinajstić information content (AvgIpc) is 2.47. The molecule has 1 aromatic rings. The number of carbonyl (C=O) groups is 1. The molecule has 1 aliphatic carbocycles. The number of carboxylic acids is 1. The van der Waals surface area contributed by atoms with Gasteiger partial charge in [0.25, 0.3) is 0 Å². The van der Waals surface area contributed by atoms with Crippen molar-refractivity contribution in [1.82, 2.24) is 4.98 Å². The normalized spacial score (nSPS) is 13.8. The fourth-order valence-electron chi connectivity index (χ4n) is 1.27. The highest BCUT2D eigenvalue weighted by atomic mass is 127. The van der Waals surface area contributed by atoms with Crippen LogP contribution in [0.1, 0.15) is 21.7 Å². The van der Waals surface area contributed by atoms with Crippen LogP contribution in [-0.4, -0.2) is 16.1 Å². The van der Waals surface area contributed by atoms with Crippen LogP contribution in [-0.2, 0) is 6.42 Å². The molecule has 0 atom stereocenters. The minimum absolute atomic E-state index is 0.114. The Morgan fingerprint density at radius 1 is 1.54 bits per heavy atom. The molecule has 0 saturated carbocycles. The third-order valence-electron chi connectivity index (χ3n) is 1.93. The lowest BCUT2D eigenvalue weighted by Gasteiger charge is -2.00. The van der Waals surface area contributed by atoms with Crippen LogP contribution in [0, 0.1) is 0 Å². The number of aromatic nitrogens is 1. The van der Waals surface area contributed by atoms with E-state index in [0.717, 1.165) is 21.3 Å². The molecule has 0 radical (unpaired) electrons. The van der Waals surface area contributed by atoms with Crippen molar-refractivity contribution < 1.29 is 9.90 Å². The third-order valence-corrected chi connectivity index (χ3v) is 2.88. The first-order valence-corrected chi connectivity index (χ1v) is 4.85. The maximum absolute atomic E-state index is 10.6. The SMILES string of the molecule is O=C(O)c1ccc2c(n1)C(I)=CC2. The molecular weight excluding hydrogens is 281 g/mol. The molecule has 0 bridgehead atoms. The van der Waals surface area contributed by atoms with E-state index >= 15 is 0 Å². The van der Waals surface area contributed by atoms with Crippen molar-refractivity contribution in [2.75, 3.05) is 0 Å². The van der Waals surface area contributed by atoms with Gasteiger partial charge in [-0.25, -0.2) is 9.78 Å². The van der Waals surface area contributed by atoms with Crippen molar-refractivity contribution in [2.45, 2.75) is 6.42 Å². The number of hydrogen-bond acceptors (Lipinski definition) is 2. The Labute approximate surface area is 88.6 Å². The molecular formula is C9H6INO2. The van der Waals surface area contributed by atoms with E-state index in [-0.39, 0.29) is 5.69 Å². The van der Waals surface area contributed by atoms with Gasteiger partial charge in [-0.15, -0.1) is 0 Å². The van der Waals surface area contributed by atoms with Crippen molar-refractivity contribution in [3.63, 3.8) is 0 Å². The van der Waals surface area contributed by atoms with Gasteiger partial charge in [-0.1, -0.05) is 12.1 Å². The highest BCUT2D eigenvalue weighted by Gasteiger charge is 2.15. The summed E-state index contributed by atoms with van der Waals surface area (Å²) < 4.78 is 1.04. The molecule has 0 spiro atoms. The minimum Gasteiger partial charge on any atom is -0.477 e. The molecule has 1 heterocycles. The topological polar surface area (TPSA) is 50.2 Å². The number of nitrogens with zero attached hydrogens (tertiary/aromatic N) is 1. The zero-order valence-electron chi connectivity index (χ0n) is 6.62. The summed E-state index contributed by atoms with van der Waals surface area (Å²) in [7, 11) is 0. The smallest absolute Gasteiger partial charge is 0.354 e. The third kappa shape index (κ3) is 1.46. The minimum atomic E-state index is -0.973. The van der Waals surface area contributed by atoms with Crippen LogP contribution in [0.3, 0.4) is 0 Å². The van der Waals surface area contributed by atoms with Gasteiger partial charge < -0.3 is 5.11 Å². The van der Waals surface area contributed by atoms with Crippen molar-refractivity contribution >= 4 is 32.1 Å². The number of halogens is 1. The maximum Gasteiger partial charge on any atom is 0.354 e. The van der Waals surface area contributed by atoms with Crippen LogP contribution in [0.4, 0.5) is 0 Å². The van der Waals surface area contributed by atoms with Gasteiger partial charge in [0.2, 0.25) is 0 Å². The van der Waals surface area contributed by atoms with Crippen LogP contribution in [0.2, 0.25) is 0 Å². The fourth-order valence-corrected chi connectivity index (χ4v) is 1.96. The molecule has 0 saturated heterocycles. The summed E-state index contributed by atoms with van der Waals surface area (Å²) in [5.41, 5.74) is 2.04. The second-order valence-electron chi connectivity index (χ2n) is 2.77. The summed E-state index contributed by atoms with van der Waals surface area (Å²) in [6, 6.07) is 3.37. The Kier molecular flexibility index (Phi) is 2.07. The molecule has 0 aliphatic heterocycles. The van der Waals surface area contributed by atoms with Gasteiger partial charge in [-0.3, -0.25) is 0 Å². The number of aromatic carboxylic acids is 1. The Bertz CT molecular complexity index is 412. The van der Waals surface area contributed by atoms with Gasteiger partial charge in [0.1, 0.15) is 5.69 Å². The molecule has 0 unspecified atom stereocenters. The van der Waals surface area contributed by atoms with Gasteiger partial charge in [0, 0.05) is 3.58 Å². The molecule has 1 aliphatic rings. The van der Waals surface area contributed by atoms with Gasteiger partial charge in [-0.2, -0.15) is 0 Å². The summed E-state index contributed by atoms with van der Waals surface area (Å²) in [5.74, 6) is -0.973. The lowest BCUT2D eigenvalue weighted by molar-refractivity contribution is 0.0690. The fraction of sp³-hybridized carbons (Fsp3) is 0.111. The molecule has 4 heteroatoms. The number of allylic oxidation sites excluding steroid dienone is 1. The van der Waals surface area contributed by atoms with Crippen LogP contribution in [0.25, 0.3) is 3.58 Å². The number of fused-ring (bicyclic) bond motifs is 1. The van der Waals surface area contributed by atoms with Crippen molar-refractivity contribution in [3.05, 3.63) is 35.2 Å². The van der Waals surface area contributed by atoms with E-state index in [1.54, 1.807) is 6.07 Å². The highest BCUT2D eigenvalue weighted by Crippen LogP contribution is 2.30. The number of carboxylic acid groups (broad SMARTS) is 1. The van der Waals surface area contributed by atoms with E-state index in [9.17, 15) is 4.79 Å². The lowest BCUT2D eigenvalue weighted by atomic mass is 10.2. The average molecular weight is 287 g/mol. The summed E-state index contributed by atoms with van der Waals surface area (Å²) >= 11 is 2.17. The van der Waals surface area contributed by atoms with Crippen LogP contribution >= 0.6 is 22.6 Å². The lowest BCUT2D eigenvalue weighted by Crippen LogP contribution is -2.02. The first-order chi connectivity index (χ1) is 6.18. The molecule has 66 valence electrons. The largest absolute Gasteiger partial charge is 0.477 e.